The number of hydrogen-bond donors (Lipinski definition) is 1. The molecule has 1 aromatic carbocycles. The average Bonchev–Trinajstić information content (AvgIpc) is 3.01. The van der Waals surface area contributed by atoms with Crippen LogP contribution in [-0.4, -0.2) is 23.8 Å². The van der Waals surface area contributed by atoms with Gasteiger partial charge in [0, 0.05) is 31.4 Å². The molecule has 0 radical (unpaired) electrons. The van der Waals surface area contributed by atoms with E-state index in [4.69, 9.17) is 5.11 Å². The summed E-state index contributed by atoms with van der Waals surface area (Å²) in [6.45, 7) is 2.85. The van der Waals surface area contributed by atoms with E-state index in [0.29, 0.717) is 0 Å². The molecule has 2 aromatic heterocycles. The highest BCUT2D eigenvalue weighted by Gasteiger charge is 2.17. The van der Waals surface area contributed by atoms with Gasteiger partial charge in [-0.2, -0.15) is 0 Å². The van der Waals surface area contributed by atoms with E-state index in [-0.39, 0.29) is 5.56 Å². The van der Waals surface area contributed by atoms with E-state index in [0.717, 1.165) is 57.9 Å². The molecule has 0 aliphatic carbocycles. The third-order valence-electron chi connectivity index (χ3n) is 4.27. The van der Waals surface area contributed by atoms with E-state index in [9.17, 15) is 4.79 Å². The van der Waals surface area contributed by atoms with Crippen LogP contribution in [0.3, 0.4) is 0 Å². The van der Waals surface area contributed by atoms with Crippen molar-refractivity contribution in [3.63, 3.8) is 0 Å². The van der Waals surface area contributed by atoms with Gasteiger partial charge >= 0.3 is 0 Å². The zero-order valence-corrected chi connectivity index (χ0v) is 15.1. The molecule has 24 heavy (non-hydrogen) atoms. The molecule has 4 nitrogen and oxygen atoms in total. The molecule has 0 unspecified atom stereocenters. The summed E-state index contributed by atoms with van der Waals surface area (Å²) < 4.78 is 2.91. The lowest BCUT2D eigenvalue weighted by Gasteiger charge is -2.14. The van der Waals surface area contributed by atoms with Crippen LogP contribution in [0.25, 0.3) is 27.1 Å². The van der Waals surface area contributed by atoms with Crippen molar-refractivity contribution in [2.75, 3.05) is 19.0 Å². The first-order chi connectivity index (χ1) is 11.6. The fourth-order valence-corrected chi connectivity index (χ4v) is 4.18. The number of aromatic nitrogens is 1. The Morgan fingerprint density at radius 1 is 1.33 bits per heavy atom. The Bertz CT molecular complexity index is 967. The van der Waals surface area contributed by atoms with Crippen LogP contribution in [0.2, 0.25) is 0 Å². The first-order valence-electron chi connectivity index (χ1n) is 8.14. The Labute approximate surface area is 145 Å². The quantitative estimate of drug-likeness (QED) is 0.689. The van der Waals surface area contributed by atoms with E-state index < -0.39 is 0 Å². The summed E-state index contributed by atoms with van der Waals surface area (Å²) >= 11 is 1.60. The highest BCUT2D eigenvalue weighted by Crippen LogP contribution is 2.35. The minimum Gasteiger partial charge on any atom is -0.516 e. The maximum absolute atomic E-state index is 13.1. The van der Waals surface area contributed by atoms with Crippen LogP contribution in [0.4, 0.5) is 5.69 Å². The van der Waals surface area contributed by atoms with Crippen molar-refractivity contribution in [2.45, 2.75) is 26.3 Å². The van der Waals surface area contributed by atoms with E-state index in [1.807, 2.05) is 47.1 Å². The normalized spacial score (nSPS) is 11.8. The number of rotatable bonds is 5. The van der Waals surface area contributed by atoms with Gasteiger partial charge in [0.05, 0.1) is 27.6 Å². The van der Waals surface area contributed by atoms with Crippen molar-refractivity contribution in [1.29, 1.82) is 0 Å². The number of nitrogens with zero attached hydrogens (tertiary/aromatic N) is 2. The predicted molar refractivity (Wildman–Crippen MR) is 104 cm³/mol. The number of hydrogen-bond acceptors (Lipinski definition) is 4. The third kappa shape index (κ3) is 2.69. The number of anilines is 1. The molecule has 0 fully saturated rings. The third-order valence-corrected chi connectivity index (χ3v) is 5.27. The molecule has 126 valence electrons. The average molecular weight is 342 g/mol. The Morgan fingerprint density at radius 3 is 2.79 bits per heavy atom. The Kier molecular flexibility index (Phi) is 4.62. The summed E-state index contributed by atoms with van der Waals surface area (Å²) in [7, 11) is 3.93. The second kappa shape index (κ2) is 6.69. The van der Waals surface area contributed by atoms with E-state index in [2.05, 4.69) is 6.92 Å². The van der Waals surface area contributed by atoms with Gasteiger partial charge in [-0.1, -0.05) is 19.4 Å². The SMILES string of the molecule is CCCCn1c(=O)c2c(N(C)C)csc2c2cc(C=CO)ccc21. The number of fused-ring (bicyclic) bond motifs is 3. The summed E-state index contributed by atoms with van der Waals surface area (Å²) in [6, 6.07) is 5.96. The monoisotopic (exact) mass is 342 g/mol. The molecule has 0 atom stereocenters. The van der Waals surface area contributed by atoms with Crippen LogP contribution in [0, 0.1) is 0 Å². The van der Waals surface area contributed by atoms with Crippen LogP contribution in [0.1, 0.15) is 25.3 Å². The van der Waals surface area contributed by atoms with Gasteiger partial charge in [0.15, 0.2) is 0 Å². The first kappa shape index (κ1) is 16.6. The van der Waals surface area contributed by atoms with Crippen LogP contribution in [-0.2, 0) is 6.54 Å². The molecule has 0 bridgehead atoms. The first-order valence-corrected chi connectivity index (χ1v) is 9.02. The molecule has 3 rings (SSSR count). The van der Waals surface area contributed by atoms with Crippen molar-refractivity contribution in [1.82, 2.24) is 4.57 Å². The molecule has 5 heteroatoms. The summed E-state index contributed by atoms with van der Waals surface area (Å²) in [6.07, 6.45) is 4.72. The Balaban J connectivity index is 2.43. The van der Waals surface area contributed by atoms with Gasteiger partial charge in [-0.15, -0.1) is 11.3 Å². The number of pyridine rings is 1. The molecule has 0 amide bonds. The highest BCUT2D eigenvalue weighted by atomic mass is 32.1. The molecular formula is C19H22N2O2S. The molecular weight excluding hydrogens is 320 g/mol. The lowest BCUT2D eigenvalue weighted by molar-refractivity contribution is 0.478. The number of benzene rings is 1. The van der Waals surface area contributed by atoms with E-state index in [1.54, 1.807) is 17.4 Å². The molecule has 3 aromatic rings. The number of aliphatic hydroxyl groups excluding tert-OH is 1. The second-order valence-corrected chi connectivity index (χ2v) is 7.00. The standard InChI is InChI=1S/C19H22N2O2S/c1-4-5-9-21-15-7-6-13(8-10-22)11-14(15)18-17(19(21)23)16(12-24-18)20(2)3/h6-8,10-12,22H,4-5,9H2,1-3H3. The minimum atomic E-state index is 0.0846. The molecule has 0 spiro atoms. The van der Waals surface area contributed by atoms with Gasteiger partial charge in [0.2, 0.25) is 0 Å². The minimum absolute atomic E-state index is 0.0846. The molecule has 0 saturated heterocycles. The van der Waals surface area contributed by atoms with Crippen LogP contribution >= 0.6 is 11.3 Å². The van der Waals surface area contributed by atoms with Crippen molar-refractivity contribution >= 4 is 44.1 Å². The Morgan fingerprint density at radius 2 is 2.12 bits per heavy atom. The van der Waals surface area contributed by atoms with E-state index in [1.165, 1.54) is 0 Å². The smallest absolute Gasteiger partial charge is 0.261 e. The number of aliphatic hydroxyl groups is 1. The molecule has 0 aliphatic heterocycles. The maximum Gasteiger partial charge on any atom is 0.261 e. The van der Waals surface area contributed by atoms with Crippen molar-refractivity contribution in [3.05, 3.63) is 45.8 Å². The number of unbranched alkanes of at least 4 members (excludes halogenated alkanes) is 1. The molecule has 1 N–H and O–H groups in total. The largest absolute Gasteiger partial charge is 0.516 e. The molecule has 0 aliphatic rings. The lowest BCUT2D eigenvalue weighted by Crippen LogP contribution is -2.22. The topological polar surface area (TPSA) is 45.5 Å². The van der Waals surface area contributed by atoms with Crippen LogP contribution in [0.5, 0.6) is 0 Å². The van der Waals surface area contributed by atoms with Gasteiger partial charge in [-0.25, -0.2) is 0 Å². The summed E-state index contributed by atoms with van der Waals surface area (Å²) in [5.74, 6) is 0. The van der Waals surface area contributed by atoms with Gasteiger partial charge in [-0.05, 0) is 30.2 Å². The second-order valence-electron chi connectivity index (χ2n) is 6.12. The Hall–Kier alpha value is -2.27. The molecule has 0 saturated carbocycles. The zero-order valence-electron chi connectivity index (χ0n) is 14.2. The predicted octanol–water partition coefficient (Wildman–Crippen LogP) is 4.61. The fourth-order valence-electron chi connectivity index (χ4n) is 3.03. The van der Waals surface area contributed by atoms with Gasteiger partial charge in [0.25, 0.3) is 5.56 Å². The number of thiophene rings is 1. The zero-order chi connectivity index (χ0) is 17.3. The van der Waals surface area contributed by atoms with Crippen molar-refractivity contribution < 1.29 is 5.11 Å². The van der Waals surface area contributed by atoms with Gasteiger partial charge in [0.1, 0.15) is 0 Å². The number of aryl methyl sites for hydroxylation is 1. The van der Waals surface area contributed by atoms with Gasteiger partial charge in [-0.3, -0.25) is 4.79 Å². The summed E-state index contributed by atoms with van der Waals surface area (Å²) in [5.41, 5.74) is 2.94. The molecule has 2 heterocycles. The highest BCUT2D eigenvalue weighted by molar-refractivity contribution is 7.18. The summed E-state index contributed by atoms with van der Waals surface area (Å²) in [4.78, 5) is 15.1. The maximum atomic E-state index is 13.1. The van der Waals surface area contributed by atoms with E-state index >= 15 is 0 Å². The van der Waals surface area contributed by atoms with Crippen LogP contribution in [0.15, 0.2) is 34.6 Å². The lowest BCUT2D eigenvalue weighted by atomic mass is 10.1. The van der Waals surface area contributed by atoms with Crippen molar-refractivity contribution in [3.8, 4) is 0 Å². The van der Waals surface area contributed by atoms with Crippen LogP contribution < -0.4 is 10.5 Å². The van der Waals surface area contributed by atoms with Crippen molar-refractivity contribution in [2.24, 2.45) is 0 Å². The van der Waals surface area contributed by atoms with Gasteiger partial charge < -0.3 is 14.6 Å². The fraction of sp³-hybridized carbons (Fsp3) is 0.316. The summed E-state index contributed by atoms with van der Waals surface area (Å²) in [5, 5.41) is 13.0.